The highest BCUT2D eigenvalue weighted by Crippen LogP contribution is 2.22. The van der Waals surface area contributed by atoms with E-state index in [1.165, 1.54) is 17.4 Å². The average Bonchev–Trinajstić information content (AvgIpc) is 2.61. The van der Waals surface area contributed by atoms with Crippen molar-refractivity contribution >= 4 is 45.5 Å². The van der Waals surface area contributed by atoms with Crippen molar-refractivity contribution in [3.05, 3.63) is 59.2 Å². The Labute approximate surface area is 179 Å². The lowest BCUT2D eigenvalue weighted by molar-refractivity contribution is 0.602. The molecule has 0 bridgehead atoms. The number of aryl methyl sites for hydroxylation is 2. The van der Waals surface area contributed by atoms with Gasteiger partial charge in [-0.15, -0.1) is 24.0 Å². The van der Waals surface area contributed by atoms with Crippen LogP contribution >= 0.6 is 24.0 Å². The van der Waals surface area contributed by atoms with Crippen molar-refractivity contribution in [2.75, 3.05) is 18.1 Å². The molecule has 0 aliphatic carbocycles. The van der Waals surface area contributed by atoms with E-state index in [1.54, 1.807) is 12.1 Å². The summed E-state index contributed by atoms with van der Waals surface area (Å²) in [4.78, 5) is 4.73. The van der Waals surface area contributed by atoms with Crippen molar-refractivity contribution in [3.8, 4) is 0 Å². The number of benzene rings is 2. The van der Waals surface area contributed by atoms with Crippen LogP contribution in [0.3, 0.4) is 0 Å². The van der Waals surface area contributed by atoms with Crippen LogP contribution in [0.2, 0.25) is 0 Å². The largest absolute Gasteiger partial charge is 0.370 e. The summed E-state index contributed by atoms with van der Waals surface area (Å²) in [5.74, 6) is 0.397. The molecule has 0 aliphatic heterocycles. The van der Waals surface area contributed by atoms with Crippen molar-refractivity contribution in [2.24, 2.45) is 10.7 Å². The number of hydrogen-bond donors (Lipinski definition) is 2. The zero-order valence-corrected chi connectivity index (χ0v) is 19.2. The van der Waals surface area contributed by atoms with Crippen LogP contribution in [-0.2, 0) is 29.1 Å². The molecule has 5 nitrogen and oxygen atoms in total. The van der Waals surface area contributed by atoms with Crippen molar-refractivity contribution in [1.29, 1.82) is 0 Å². The van der Waals surface area contributed by atoms with E-state index in [9.17, 15) is 8.42 Å². The number of halogens is 1. The number of rotatable bonds is 7. The minimum absolute atomic E-state index is 0. The molecule has 0 fully saturated rings. The standard InChI is InChI=1S/C20H27N3O2S.HI/c1-4-16-7-6-8-17(5-2)19(16)23-20(21)22-14-13-15-9-11-18(12-10-15)26(3,24)25;/h6-12H,4-5,13-14H2,1-3H3,(H3,21,22,23);1H. The molecule has 27 heavy (non-hydrogen) atoms. The van der Waals surface area contributed by atoms with Gasteiger partial charge in [0, 0.05) is 18.5 Å². The SMILES string of the molecule is CCc1cccc(CC)c1NC(N)=NCCc1ccc(S(C)(=O)=O)cc1.I. The van der Waals surface area contributed by atoms with Crippen LogP contribution in [0.4, 0.5) is 5.69 Å². The Morgan fingerprint density at radius 2 is 1.59 bits per heavy atom. The second-order valence-corrected chi connectivity index (χ2v) is 8.23. The van der Waals surface area contributed by atoms with E-state index in [0.717, 1.165) is 24.1 Å². The first-order valence-electron chi connectivity index (χ1n) is 8.81. The zero-order chi connectivity index (χ0) is 19.2. The van der Waals surface area contributed by atoms with Crippen molar-refractivity contribution in [1.82, 2.24) is 0 Å². The molecule has 2 aromatic rings. The lowest BCUT2D eigenvalue weighted by Crippen LogP contribution is -2.24. The molecule has 0 radical (unpaired) electrons. The Bertz CT molecular complexity index is 856. The van der Waals surface area contributed by atoms with E-state index in [-0.39, 0.29) is 24.0 Å². The predicted molar refractivity (Wildman–Crippen MR) is 124 cm³/mol. The Hall–Kier alpha value is -1.61. The zero-order valence-electron chi connectivity index (χ0n) is 16.0. The fourth-order valence-electron chi connectivity index (χ4n) is 2.78. The van der Waals surface area contributed by atoms with Crippen LogP contribution in [0.15, 0.2) is 52.4 Å². The number of nitrogens with two attached hydrogens (primary N) is 1. The molecule has 0 spiro atoms. The summed E-state index contributed by atoms with van der Waals surface area (Å²) in [6.07, 6.45) is 3.76. The first kappa shape index (κ1) is 23.4. The Kier molecular flexibility index (Phi) is 9.25. The minimum atomic E-state index is -3.16. The molecular weight excluding hydrogens is 473 g/mol. The van der Waals surface area contributed by atoms with E-state index in [2.05, 4.69) is 42.4 Å². The highest BCUT2D eigenvalue weighted by atomic mass is 127. The maximum atomic E-state index is 11.5. The van der Waals surface area contributed by atoms with Gasteiger partial charge in [0.1, 0.15) is 0 Å². The Morgan fingerprint density at radius 1 is 1.04 bits per heavy atom. The molecule has 0 atom stereocenters. The van der Waals surface area contributed by atoms with E-state index < -0.39 is 9.84 Å². The molecule has 2 aromatic carbocycles. The molecular formula is C20H28IN3O2S. The van der Waals surface area contributed by atoms with Gasteiger partial charge in [0.2, 0.25) is 0 Å². The van der Waals surface area contributed by atoms with Crippen LogP contribution in [0, 0.1) is 0 Å². The lowest BCUT2D eigenvalue weighted by atomic mass is 10.0. The number of hydrogen-bond acceptors (Lipinski definition) is 3. The van der Waals surface area contributed by atoms with E-state index >= 15 is 0 Å². The van der Waals surface area contributed by atoms with Gasteiger partial charge in [0.15, 0.2) is 15.8 Å². The van der Waals surface area contributed by atoms with Crippen molar-refractivity contribution in [2.45, 2.75) is 38.0 Å². The second-order valence-electron chi connectivity index (χ2n) is 6.22. The molecule has 3 N–H and O–H groups in total. The smallest absolute Gasteiger partial charge is 0.193 e. The lowest BCUT2D eigenvalue weighted by Gasteiger charge is -2.14. The molecule has 148 valence electrons. The topological polar surface area (TPSA) is 84.5 Å². The van der Waals surface area contributed by atoms with E-state index in [0.29, 0.717) is 23.8 Å². The van der Waals surface area contributed by atoms with Crippen LogP contribution in [0.1, 0.15) is 30.5 Å². The summed E-state index contributed by atoms with van der Waals surface area (Å²) in [5, 5.41) is 3.24. The van der Waals surface area contributed by atoms with E-state index in [4.69, 9.17) is 5.73 Å². The summed E-state index contributed by atoms with van der Waals surface area (Å²) in [5.41, 5.74) is 10.6. The molecule has 2 rings (SSSR count). The molecule has 0 aromatic heterocycles. The maximum Gasteiger partial charge on any atom is 0.193 e. The number of para-hydroxylation sites is 1. The van der Waals surface area contributed by atoms with Crippen LogP contribution in [0.25, 0.3) is 0 Å². The quantitative estimate of drug-likeness (QED) is 0.344. The van der Waals surface area contributed by atoms with E-state index in [1.807, 2.05) is 12.1 Å². The van der Waals surface area contributed by atoms with Gasteiger partial charge in [-0.3, -0.25) is 4.99 Å². The number of sulfone groups is 1. The summed E-state index contributed by atoms with van der Waals surface area (Å²) < 4.78 is 23.0. The normalized spacial score (nSPS) is 11.7. The van der Waals surface area contributed by atoms with Gasteiger partial charge in [-0.05, 0) is 48.1 Å². The number of aliphatic imine (C=N–C) groups is 1. The van der Waals surface area contributed by atoms with Gasteiger partial charge in [-0.1, -0.05) is 44.2 Å². The first-order chi connectivity index (χ1) is 12.3. The monoisotopic (exact) mass is 501 g/mol. The van der Waals surface area contributed by atoms with Crippen LogP contribution in [0.5, 0.6) is 0 Å². The van der Waals surface area contributed by atoms with Gasteiger partial charge in [-0.25, -0.2) is 8.42 Å². The summed E-state index contributed by atoms with van der Waals surface area (Å²) in [6, 6.07) is 13.1. The third kappa shape index (κ3) is 6.80. The number of anilines is 1. The van der Waals surface area contributed by atoms with Gasteiger partial charge in [0.25, 0.3) is 0 Å². The van der Waals surface area contributed by atoms with Gasteiger partial charge in [-0.2, -0.15) is 0 Å². The predicted octanol–water partition coefficient (Wildman–Crippen LogP) is 3.80. The summed E-state index contributed by atoms with van der Waals surface area (Å²) >= 11 is 0. The highest BCUT2D eigenvalue weighted by molar-refractivity contribution is 14.0. The molecule has 0 heterocycles. The maximum absolute atomic E-state index is 11.5. The fraction of sp³-hybridized carbons (Fsp3) is 0.350. The van der Waals surface area contributed by atoms with Crippen molar-refractivity contribution in [3.63, 3.8) is 0 Å². The molecule has 0 saturated carbocycles. The van der Waals surface area contributed by atoms with Gasteiger partial charge in [0.05, 0.1) is 4.90 Å². The first-order valence-corrected chi connectivity index (χ1v) is 10.7. The van der Waals surface area contributed by atoms with Crippen LogP contribution < -0.4 is 11.1 Å². The van der Waals surface area contributed by atoms with Gasteiger partial charge < -0.3 is 11.1 Å². The third-order valence-electron chi connectivity index (χ3n) is 4.29. The third-order valence-corrected chi connectivity index (χ3v) is 5.41. The summed E-state index contributed by atoms with van der Waals surface area (Å²) in [6.45, 7) is 4.77. The van der Waals surface area contributed by atoms with Crippen molar-refractivity contribution < 1.29 is 8.42 Å². The average molecular weight is 501 g/mol. The number of nitrogens with zero attached hydrogens (tertiary/aromatic N) is 1. The number of nitrogens with one attached hydrogen (secondary N) is 1. The second kappa shape index (κ2) is 10.7. The molecule has 0 saturated heterocycles. The molecule has 0 unspecified atom stereocenters. The molecule has 7 heteroatoms. The Balaban J connectivity index is 0.00000364. The number of guanidine groups is 1. The fourth-order valence-corrected chi connectivity index (χ4v) is 3.41. The van der Waals surface area contributed by atoms with Gasteiger partial charge >= 0.3 is 0 Å². The molecule has 0 amide bonds. The highest BCUT2D eigenvalue weighted by Gasteiger charge is 2.08. The summed E-state index contributed by atoms with van der Waals surface area (Å²) in [7, 11) is -3.16. The molecule has 0 aliphatic rings. The van der Waals surface area contributed by atoms with Crippen LogP contribution in [-0.4, -0.2) is 27.2 Å². The Morgan fingerprint density at radius 3 is 2.07 bits per heavy atom. The minimum Gasteiger partial charge on any atom is -0.370 e.